The molecule has 2 fully saturated rings. The smallest absolute Gasteiger partial charge is 0.366 e. The van der Waals surface area contributed by atoms with Crippen LogP contribution in [0, 0.1) is 5.92 Å². The lowest BCUT2D eigenvalue weighted by Gasteiger charge is -2.46. The third kappa shape index (κ3) is 15.1. The number of aliphatic imine (C=N–C) groups is 2. The number of thioether (sulfide) groups is 1. The van der Waals surface area contributed by atoms with E-state index in [2.05, 4.69) is 44.4 Å². The van der Waals surface area contributed by atoms with Gasteiger partial charge < -0.3 is 25.0 Å². The quantitative estimate of drug-likeness (QED) is 0.0823. The van der Waals surface area contributed by atoms with E-state index in [9.17, 15) is 24.0 Å². The number of piperidine rings is 1. The van der Waals surface area contributed by atoms with Crippen LogP contribution in [0.25, 0.3) is 0 Å². The fraction of sp³-hybridized carbons (Fsp3) is 0.558. The second-order valence-corrected chi connectivity index (χ2v) is 15.8. The predicted molar refractivity (Wildman–Crippen MR) is 226 cm³/mol. The third-order valence-electron chi connectivity index (χ3n) is 10.5. The van der Waals surface area contributed by atoms with Crippen molar-refractivity contribution < 1.29 is 33.4 Å². The second-order valence-electron chi connectivity index (χ2n) is 14.4. The minimum absolute atomic E-state index is 0.0209. The molecule has 2 N–H and O–H groups in total. The van der Waals surface area contributed by atoms with E-state index in [1.165, 1.54) is 5.56 Å². The molecule has 0 aliphatic carbocycles. The molecule has 4 rings (SSSR count). The summed E-state index contributed by atoms with van der Waals surface area (Å²) >= 11 is 1.88. The van der Waals surface area contributed by atoms with E-state index in [-0.39, 0.29) is 43.1 Å². The Labute approximate surface area is 341 Å². The summed E-state index contributed by atoms with van der Waals surface area (Å²) in [6.07, 6.45) is 8.38. The van der Waals surface area contributed by atoms with Crippen molar-refractivity contribution in [1.82, 2.24) is 15.5 Å². The normalized spacial score (nSPS) is 17.8. The van der Waals surface area contributed by atoms with Crippen molar-refractivity contribution in [3.63, 3.8) is 0 Å². The number of likely N-dealkylation sites (tertiary alicyclic amines) is 1. The molecule has 2 aromatic carbocycles. The standard InChI is InChI=1S/C43H60N6O7S/c1-3-40(52)49(36-15-8-5-9-16-36)43(22-27-48(28-23-43)26-20-34-13-6-4-7-14-34)41(53)56-29-12-19-39(51)46-25-31-55-30-24-45-38(50)18-11-10-17-37-35(21-32-57-37)33-47-42(54)44-2/h4-9,13-16,33,35,37H,2-3,10-12,17-32H2,1H3,(H,45,50)(H,46,51)/b47-33-/t35?,37-/m0/s1. The fourth-order valence-corrected chi connectivity index (χ4v) is 8.76. The maximum atomic E-state index is 14.0. The monoisotopic (exact) mass is 804 g/mol. The van der Waals surface area contributed by atoms with Gasteiger partial charge in [-0.05, 0) is 75.1 Å². The number of para-hydroxylation sites is 1. The average Bonchev–Trinajstić information content (AvgIpc) is 3.70. The molecule has 5 amide bonds. The Kier molecular flexibility index (Phi) is 19.9. The number of hydrogen-bond donors (Lipinski definition) is 2. The molecule has 0 radical (unpaired) electrons. The number of rotatable bonds is 23. The first-order valence-corrected chi connectivity index (χ1v) is 21.4. The number of carbonyl (C=O) groups is 5. The first-order chi connectivity index (χ1) is 27.8. The molecule has 0 bridgehead atoms. The molecule has 310 valence electrons. The first kappa shape index (κ1) is 45.3. The summed E-state index contributed by atoms with van der Waals surface area (Å²) in [6.45, 7) is 8.59. The minimum Gasteiger partial charge on any atom is -0.464 e. The number of carbonyl (C=O) groups excluding carboxylic acids is 5. The van der Waals surface area contributed by atoms with Crippen LogP contribution in [-0.4, -0.2) is 117 Å². The minimum atomic E-state index is -1.14. The Hall–Kier alpha value is -4.40. The Morgan fingerprint density at radius 1 is 0.912 bits per heavy atom. The van der Waals surface area contributed by atoms with Gasteiger partial charge in [-0.1, -0.05) is 61.9 Å². The molecule has 2 heterocycles. The van der Waals surface area contributed by atoms with Gasteiger partial charge in [-0.15, -0.1) is 0 Å². The number of benzene rings is 2. The molecule has 14 heteroatoms. The van der Waals surface area contributed by atoms with E-state index >= 15 is 0 Å². The van der Waals surface area contributed by atoms with Crippen molar-refractivity contribution in [3.05, 3.63) is 66.2 Å². The van der Waals surface area contributed by atoms with Crippen LogP contribution in [0.15, 0.2) is 70.6 Å². The van der Waals surface area contributed by atoms with E-state index in [1.54, 1.807) is 18.0 Å². The Morgan fingerprint density at radius 2 is 1.56 bits per heavy atom. The summed E-state index contributed by atoms with van der Waals surface area (Å²) in [4.78, 5) is 74.6. The van der Waals surface area contributed by atoms with Crippen LogP contribution in [0.3, 0.4) is 0 Å². The molecule has 2 aromatic rings. The lowest BCUT2D eigenvalue weighted by molar-refractivity contribution is -0.154. The Balaban J connectivity index is 1.10. The number of anilines is 1. The Morgan fingerprint density at radius 3 is 2.21 bits per heavy atom. The van der Waals surface area contributed by atoms with Crippen molar-refractivity contribution in [2.45, 2.75) is 88.3 Å². The highest BCUT2D eigenvalue weighted by molar-refractivity contribution is 8.00. The molecular weight excluding hydrogens is 745 g/mol. The summed E-state index contributed by atoms with van der Waals surface area (Å²) in [7, 11) is 0. The predicted octanol–water partition coefficient (Wildman–Crippen LogP) is 5.65. The van der Waals surface area contributed by atoms with Gasteiger partial charge in [0.1, 0.15) is 5.54 Å². The molecule has 0 saturated carbocycles. The molecule has 2 saturated heterocycles. The van der Waals surface area contributed by atoms with Crippen LogP contribution < -0.4 is 15.5 Å². The summed E-state index contributed by atoms with van der Waals surface area (Å²) in [5.74, 6) is 0.524. The zero-order valence-corrected chi connectivity index (χ0v) is 34.2. The van der Waals surface area contributed by atoms with Gasteiger partial charge >= 0.3 is 12.0 Å². The van der Waals surface area contributed by atoms with E-state index in [4.69, 9.17) is 9.47 Å². The number of urea groups is 1. The fourth-order valence-electron chi connectivity index (χ4n) is 7.26. The van der Waals surface area contributed by atoms with Crippen molar-refractivity contribution in [1.29, 1.82) is 0 Å². The maximum absolute atomic E-state index is 14.0. The molecule has 13 nitrogen and oxygen atoms in total. The van der Waals surface area contributed by atoms with Gasteiger partial charge in [-0.3, -0.25) is 19.3 Å². The Bertz CT molecular complexity index is 1600. The number of nitrogens with zero attached hydrogens (tertiary/aromatic N) is 4. The topological polar surface area (TPSA) is 159 Å². The number of amides is 5. The highest BCUT2D eigenvalue weighted by Gasteiger charge is 2.50. The van der Waals surface area contributed by atoms with E-state index in [0.29, 0.717) is 76.0 Å². The number of hydrogen-bond acceptors (Lipinski definition) is 9. The number of ether oxygens (including phenoxy) is 2. The van der Waals surface area contributed by atoms with Crippen LogP contribution in [0.1, 0.15) is 76.7 Å². The van der Waals surface area contributed by atoms with Crippen LogP contribution in [0.4, 0.5) is 10.5 Å². The SMILES string of the molecule is C=NC(=O)/N=C\C1CCS[C@H]1CCCCC(=O)NCCOCCNC(=O)CCCOC(=O)C1(N(C(=O)CC)c2ccccc2)CCN(CCc2ccccc2)CC1. The van der Waals surface area contributed by atoms with Crippen LogP contribution in [-0.2, 0) is 35.1 Å². The van der Waals surface area contributed by atoms with Crippen molar-refractivity contribution in [3.8, 4) is 0 Å². The van der Waals surface area contributed by atoms with E-state index in [0.717, 1.165) is 44.4 Å². The molecule has 2 aliphatic rings. The second kappa shape index (κ2) is 25.1. The number of nitrogens with one attached hydrogen (secondary N) is 2. The number of unbranched alkanes of at least 4 members (excludes halogenated alkanes) is 1. The van der Waals surface area contributed by atoms with Gasteiger partial charge in [0.25, 0.3) is 0 Å². The van der Waals surface area contributed by atoms with Gasteiger partial charge in [-0.2, -0.15) is 11.8 Å². The van der Waals surface area contributed by atoms with Crippen molar-refractivity contribution >= 4 is 60.1 Å². The molecule has 1 unspecified atom stereocenters. The highest BCUT2D eigenvalue weighted by Crippen LogP contribution is 2.36. The molecule has 57 heavy (non-hydrogen) atoms. The van der Waals surface area contributed by atoms with E-state index in [1.807, 2.05) is 60.3 Å². The van der Waals surface area contributed by atoms with Crippen LogP contribution >= 0.6 is 11.8 Å². The third-order valence-corrected chi connectivity index (χ3v) is 11.9. The summed E-state index contributed by atoms with van der Waals surface area (Å²) in [5.41, 5.74) is 0.795. The van der Waals surface area contributed by atoms with Crippen LogP contribution in [0.2, 0.25) is 0 Å². The molecule has 2 aliphatic heterocycles. The van der Waals surface area contributed by atoms with Gasteiger partial charge in [0.15, 0.2) is 0 Å². The lowest BCUT2D eigenvalue weighted by Crippen LogP contribution is -2.63. The zero-order chi connectivity index (χ0) is 40.7. The van der Waals surface area contributed by atoms with Gasteiger partial charge in [0.05, 0.1) is 19.8 Å². The van der Waals surface area contributed by atoms with Crippen molar-refractivity contribution in [2.24, 2.45) is 15.9 Å². The summed E-state index contributed by atoms with van der Waals surface area (Å²) < 4.78 is 11.4. The van der Waals surface area contributed by atoms with E-state index < -0.39 is 17.5 Å². The molecule has 2 atom stereocenters. The molecule has 0 aromatic heterocycles. The van der Waals surface area contributed by atoms with Gasteiger partial charge in [0.2, 0.25) is 17.7 Å². The summed E-state index contributed by atoms with van der Waals surface area (Å²) in [5, 5.41) is 6.10. The first-order valence-electron chi connectivity index (χ1n) is 20.3. The average molecular weight is 805 g/mol. The zero-order valence-electron chi connectivity index (χ0n) is 33.4. The summed E-state index contributed by atoms with van der Waals surface area (Å²) in [6, 6.07) is 19.1. The number of esters is 1. The molecule has 0 spiro atoms. The van der Waals surface area contributed by atoms with Crippen LogP contribution in [0.5, 0.6) is 0 Å². The largest absolute Gasteiger partial charge is 0.464 e. The lowest BCUT2D eigenvalue weighted by atomic mass is 9.84. The van der Waals surface area contributed by atoms with Gasteiger partial charge in [0, 0.05) is 75.1 Å². The van der Waals surface area contributed by atoms with Gasteiger partial charge in [-0.25, -0.2) is 19.6 Å². The highest BCUT2D eigenvalue weighted by atomic mass is 32.2. The maximum Gasteiger partial charge on any atom is 0.366 e. The molecular formula is C43H60N6O7S. The van der Waals surface area contributed by atoms with Crippen molar-refractivity contribution in [2.75, 3.05) is 63.2 Å².